The van der Waals surface area contributed by atoms with Crippen molar-refractivity contribution in [3.05, 3.63) is 35.4 Å². The number of carboxylic acid groups (broad SMARTS) is 1. The van der Waals surface area contributed by atoms with Crippen LogP contribution >= 0.6 is 0 Å². The predicted octanol–water partition coefficient (Wildman–Crippen LogP) is 2.83. The summed E-state index contributed by atoms with van der Waals surface area (Å²) in [6.07, 6.45) is 5.65. The fourth-order valence-electron chi connectivity index (χ4n) is 1.95. The van der Waals surface area contributed by atoms with E-state index in [0.717, 1.165) is 42.2 Å². The minimum Gasteiger partial charge on any atom is -0.478 e. The maximum atomic E-state index is 11.9. The van der Waals surface area contributed by atoms with Crippen LogP contribution in [-0.2, 0) is 9.59 Å². The molecule has 1 aliphatic rings. The van der Waals surface area contributed by atoms with Gasteiger partial charge in [-0.25, -0.2) is 4.79 Å². The molecular weight excluding hydrogens is 242 g/mol. The molecule has 1 fully saturated rings. The van der Waals surface area contributed by atoms with Gasteiger partial charge in [-0.3, -0.25) is 4.79 Å². The minimum atomic E-state index is -0.986. The van der Waals surface area contributed by atoms with E-state index in [1.807, 2.05) is 19.1 Å². The van der Waals surface area contributed by atoms with Gasteiger partial charge in [0.15, 0.2) is 0 Å². The van der Waals surface area contributed by atoms with Crippen molar-refractivity contribution in [1.82, 2.24) is 0 Å². The molecule has 0 spiro atoms. The fourth-order valence-corrected chi connectivity index (χ4v) is 1.95. The summed E-state index contributed by atoms with van der Waals surface area (Å²) >= 11 is 0. The third kappa shape index (κ3) is 3.44. The van der Waals surface area contributed by atoms with Crippen LogP contribution in [-0.4, -0.2) is 17.0 Å². The summed E-state index contributed by atoms with van der Waals surface area (Å²) in [7, 11) is 0. The lowest BCUT2D eigenvalue weighted by Gasteiger charge is -2.24. The highest BCUT2D eigenvalue weighted by Crippen LogP contribution is 2.28. The summed E-state index contributed by atoms with van der Waals surface area (Å²) in [5.41, 5.74) is 2.49. The van der Waals surface area contributed by atoms with Crippen molar-refractivity contribution in [1.29, 1.82) is 0 Å². The first-order chi connectivity index (χ1) is 9.06. The Bertz CT molecular complexity index is 530. The van der Waals surface area contributed by atoms with Crippen molar-refractivity contribution in [3.8, 4) is 0 Å². The van der Waals surface area contributed by atoms with E-state index in [1.165, 1.54) is 6.08 Å². The molecule has 4 nitrogen and oxygen atoms in total. The van der Waals surface area contributed by atoms with Crippen LogP contribution in [0.15, 0.2) is 24.3 Å². The Balaban J connectivity index is 2.12. The highest BCUT2D eigenvalue weighted by molar-refractivity contribution is 5.94. The number of benzene rings is 1. The van der Waals surface area contributed by atoms with Gasteiger partial charge in [-0.05, 0) is 43.0 Å². The van der Waals surface area contributed by atoms with Crippen LogP contribution in [0.4, 0.5) is 5.69 Å². The SMILES string of the molecule is Cc1ccc(/C=C/C(=O)O)cc1NC(=O)C1CCC1. The van der Waals surface area contributed by atoms with Crippen molar-refractivity contribution in [2.45, 2.75) is 26.2 Å². The molecule has 0 radical (unpaired) electrons. The number of anilines is 1. The van der Waals surface area contributed by atoms with Crippen LogP contribution in [0.25, 0.3) is 6.08 Å². The maximum Gasteiger partial charge on any atom is 0.328 e. The minimum absolute atomic E-state index is 0.0636. The van der Waals surface area contributed by atoms with Gasteiger partial charge in [-0.2, -0.15) is 0 Å². The van der Waals surface area contributed by atoms with E-state index in [4.69, 9.17) is 5.11 Å². The molecule has 0 bridgehead atoms. The maximum absolute atomic E-state index is 11.9. The zero-order valence-corrected chi connectivity index (χ0v) is 10.8. The number of aliphatic carboxylic acids is 1. The summed E-state index contributed by atoms with van der Waals surface area (Å²) in [6, 6.07) is 5.50. The lowest BCUT2D eigenvalue weighted by molar-refractivity contribution is -0.131. The number of aryl methyl sites for hydroxylation is 1. The van der Waals surface area contributed by atoms with E-state index >= 15 is 0 Å². The summed E-state index contributed by atoms with van der Waals surface area (Å²) in [5.74, 6) is -0.785. The van der Waals surface area contributed by atoms with Crippen LogP contribution in [0.3, 0.4) is 0 Å². The molecule has 0 atom stereocenters. The molecule has 1 amide bonds. The number of nitrogens with one attached hydrogen (secondary N) is 1. The molecule has 1 saturated carbocycles. The molecule has 0 unspecified atom stereocenters. The summed E-state index contributed by atoms with van der Waals surface area (Å²) < 4.78 is 0. The lowest BCUT2D eigenvalue weighted by atomic mass is 9.85. The Kier molecular flexibility index (Phi) is 4.00. The molecule has 19 heavy (non-hydrogen) atoms. The van der Waals surface area contributed by atoms with Gasteiger partial charge in [0.2, 0.25) is 5.91 Å². The normalized spacial score (nSPS) is 15.2. The zero-order valence-electron chi connectivity index (χ0n) is 10.8. The fraction of sp³-hybridized carbons (Fsp3) is 0.333. The average molecular weight is 259 g/mol. The number of rotatable bonds is 4. The van der Waals surface area contributed by atoms with Gasteiger partial charge < -0.3 is 10.4 Å². The van der Waals surface area contributed by atoms with Gasteiger partial charge in [0.1, 0.15) is 0 Å². The van der Waals surface area contributed by atoms with Gasteiger partial charge in [-0.1, -0.05) is 18.6 Å². The molecule has 0 heterocycles. The summed E-state index contributed by atoms with van der Waals surface area (Å²) in [4.78, 5) is 22.4. The van der Waals surface area contributed by atoms with Gasteiger partial charge in [0.05, 0.1) is 0 Å². The first-order valence-electron chi connectivity index (χ1n) is 6.39. The summed E-state index contributed by atoms with van der Waals surface area (Å²) in [6.45, 7) is 1.92. The molecular formula is C15H17NO3. The molecule has 2 rings (SSSR count). The lowest BCUT2D eigenvalue weighted by Crippen LogP contribution is -2.28. The highest BCUT2D eigenvalue weighted by atomic mass is 16.4. The Morgan fingerprint density at radius 3 is 2.68 bits per heavy atom. The molecule has 1 aliphatic carbocycles. The predicted molar refractivity (Wildman–Crippen MR) is 73.8 cm³/mol. The first-order valence-corrected chi connectivity index (χ1v) is 6.39. The van der Waals surface area contributed by atoms with E-state index in [-0.39, 0.29) is 11.8 Å². The van der Waals surface area contributed by atoms with Crippen molar-refractivity contribution >= 4 is 23.6 Å². The zero-order chi connectivity index (χ0) is 13.8. The van der Waals surface area contributed by atoms with E-state index < -0.39 is 5.97 Å². The highest BCUT2D eigenvalue weighted by Gasteiger charge is 2.25. The van der Waals surface area contributed by atoms with Crippen LogP contribution < -0.4 is 5.32 Å². The number of carboxylic acids is 1. The Labute approximate surface area is 112 Å². The number of amides is 1. The second-order valence-electron chi connectivity index (χ2n) is 4.86. The molecule has 2 N–H and O–H groups in total. The van der Waals surface area contributed by atoms with Crippen molar-refractivity contribution in [2.75, 3.05) is 5.32 Å². The molecule has 1 aromatic carbocycles. The van der Waals surface area contributed by atoms with Crippen molar-refractivity contribution < 1.29 is 14.7 Å². The summed E-state index contributed by atoms with van der Waals surface area (Å²) in [5, 5.41) is 11.5. The number of carbonyl (C=O) groups excluding carboxylic acids is 1. The molecule has 0 saturated heterocycles. The molecule has 1 aromatic rings. The molecule has 0 aliphatic heterocycles. The molecule has 4 heteroatoms. The third-order valence-electron chi connectivity index (χ3n) is 3.41. The second-order valence-corrected chi connectivity index (χ2v) is 4.86. The van der Waals surface area contributed by atoms with Crippen LogP contribution in [0.1, 0.15) is 30.4 Å². The largest absolute Gasteiger partial charge is 0.478 e. The van der Waals surface area contributed by atoms with Crippen LogP contribution in [0.5, 0.6) is 0 Å². The van der Waals surface area contributed by atoms with Gasteiger partial charge in [0, 0.05) is 17.7 Å². The Morgan fingerprint density at radius 2 is 2.11 bits per heavy atom. The van der Waals surface area contributed by atoms with Gasteiger partial charge in [-0.15, -0.1) is 0 Å². The van der Waals surface area contributed by atoms with E-state index in [9.17, 15) is 9.59 Å². The monoisotopic (exact) mass is 259 g/mol. The molecule has 0 aromatic heterocycles. The van der Waals surface area contributed by atoms with Gasteiger partial charge >= 0.3 is 5.97 Å². The third-order valence-corrected chi connectivity index (χ3v) is 3.41. The van der Waals surface area contributed by atoms with Crippen LogP contribution in [0.2, 0.25) is 0 Å². The second kappa shape index (κ2) is 5.69. The van der Waals surface area contributed by atoms with Gasteiger partial charge in [0.25, 0.3) is 0 Å². The number of hydrogen-bond acceptors (Lipinski definition) is 2. The van der Waals surface area contributed by atoms with E-state index in [0.29, 0.717) is 0 Å². The number of hydrogen-bond donors (Lipinski definition) is 2. The van der Waals surface area contributed by atoms with Crippen molar-refractivity contribution in [3.63, 3.8) is 0 Å². The first kappa shape index (κ1) is 13.3. The smallest absolute Gasteiger partial charge is 0.328 e. The topological polar surface area (TPSA) is 66.4 Å². The molecule has 100 valence electrons. The van der Waals surface area contributed by atoms with E-state index in [1.54, 1.807) is 6.07 Å². The van der Waals surface area contributed by atoms with E-state index in [2.05, 4.69) is 5.32 Å². The Hall–Kier alpha value is -2.10. The Morgan fingerprint density at radius 1 is 1.37 bits per heavy atom. The van der Waals surface area contributed by atoms with Crippen molar-refractivity contribution in [2.24, 2.45) is 5.92 Å². The quantitative estimate of drug-likeness (QED) is 0.817. The standard InChI is InChI=1S/C15H17NO3/c1-10-5-6-11(7-8-14(17)18)9-13(10)16-15(19)12-3-2-4-12/h5-9,12H,2-4H2,1H3,(H,16,19)(H,17,18)/b8-7+. The number of carbonyl (C=O) groups is 2. The average Bonchev–Trinajstić information content (AvgIpc) is 2.27. The van der Waals surface area contributed by atoms with Crippen LogP contribution in [0, 0.1) is 12.8 Å².